The van der Waals surface area contributed by atoms with Crippen LogP contribution in [0, 0.1) is 57.2 Å². The van der Waals surface area contributed by atoms with Crippen LogP contribution in [0.3, 0.4) is 0 Å². The molecule has 8 aliphatic rings. The fourth-order valence-corrected chi connectivity index (χ4v) is 15.1. The molecular formula is C43H66N2O3. The van der Waals surface area contributed by atoms with Gasteiger partial charge in [-0.1, -0.05) is 58.9 Å². The van der Waals surface area contributed by atoms with E-state index in [9.17, 15) is 9.90 Å². The Morgan fingerprint density at radius 1 is 1.00 bits per heavy atom. The molecule has 8 rings (SSSR count). The quantitative estimate of drug-likeness (QED) is 0.268. The largest absolute Gasteiger partial charge is 0.481 e. The van der Waals surface area contributed by atoms with Crippen LogP contribution in [0.1, 0.15) is 125 Å². The molecule has 0 aromatic rings. The van der Waals surface area contributed by atoms with Crippen LogP contribution < -0.4 is 5.32 Å². The molecule has 2 saturated heterocycles. The van der Waals surface area contributed by atoms with Gasteiger partial charge in [-0.3, -0.25) is 9.69 Å². The maximum absolute atomic E-state index is 11.7. The van der Waals surface area contributed by atoms with Gasteiger partial charge in [-0.2, -0.15) is 0 Å². The topological polar surface area (TPSA) is 61.8 Å². The Balaban J connectivity index is 1.05. The number of likely N-dealkylation sites (tertiary alicyclic amines) is 1. The van der Waals surface area contributed by atoms with Crippen molar-refractivity contribution in [2.75, 3.05) is 26.2 Å². The highest BCUT2D eigenvalue weighted by Crippen LogP contribution is 2.76. The van der Waals surface area contributed by atoms with E-state index in [1.54, 1.807) is 5.57 Å². The molecule has 2 aliphatic heterocycles. The Hall–Kier alpha value is -1.43. The van der Waals surface area contributed by atoms with Gasteiger partial charge in [-0.05, 0) is 153 Å². The SMILES string of the molecule is C=C(C)[C@@H]1CC[C@]2(NCCN3C[C@@H]4CC3CO4)CC[C@]3(C)[C@H](CC[C@@H]4[C@@]5(C)CC=C(C6=CC[C@H](C(=O)O)CC6)C(C)(C)[C@@H]5CC[C@]43C)[C@@H]12. The zero-order valence-corrected chi connectivity index (χ0v) is 31.2. The van der Waals surface area contributed by atoms with Gasteiger partial charge in [-0.25, -0.2) is 0 Å². The molecule has 266 valence electrons. The zero-order valence-electron chi connectivity index (χ0n) is 31.2. The molecule has 0 aromatic heterocycles. The fourth-order valence-electron chi connectivity index (χ4n) is 15.1. The van der Waals surface area contributed by atoms with Crippen LogP contribution in [0.4, 0.5) is 0 Å². The number of hydrogen-bond acceptors (Lipinski definition) is 4. The number of hydrogen-bond donors (Lipinski definition) is 2. The lowest BCUT2D eigenvalue weighted by Crippen LogP contribution is -2.68. The molecule has 5 heteroatoms. The van der Waals surface area contributed by atoms with Crippen LogP contribution in [0.25, 0.3) is 0 Å². The summed E-state index contributed by atoms with van der Waals surface area (Å²) in [5, 5.41) is 14.0. The van der Waals surface area contributed by atoms with E-state index in [0.29, 0.717) is 52.6 Å². The van der Waals surface area contributed by atoms with Crippen molar-refractivity contribution in [2.45, 2.75) is 143 Å². The number of rotatable bonds is 7. The number of allylic oxidation sites excluding steroid dienone is 5. The summed E-state index contributed by atoms with van der Waals surface area (Å²) < 4.78 is 5.91. The molecular weight excluding hydrogens is 592 g/mol. The minimum atomic E-state index is -0.627. The Kier molecular flexibility index (Phi) is 8.10. The highest BCUT2D eigenvalue weighted by Gasteiger charge is 2.70. The second kappa shape index (κ2) is 11.5. The molecule has 12 atom stereocenters. The lowest BCUT2D eigenvalue weighted by atomic mass is 9.33. The molecule has 6 fully saturated rings. The van der Waals surface area contributed by atoms with Gasteiger partial charge in [0.2, 0.25) is 0 Å². The van der Waals surface area contributed by atoms with Crippen LogP contribution in [0.2, 0.25) is 0 Å². The van der Waals surface area contributed by atoms with Crippen LogP contribution in [-0.4, -0.2) is 59.9 Å². The maximum atomic E-state index is 11.7. The summed E-state index contributed by atoms with van der Waals surface area (Å²) >= 11 is 0. The van der Waals surface area contributed by atoms with Gasteiger partial charge in [0.1, 0.15) is 0 Å². The number of aliphatic carboxylic acids is 1. The van der Waals surface area contributed by atoms with Crippen LogP contribution in [0.5, 0.6) is 0 Å². The highest BCUT2D eigenvalue weighted by atomic mass is 16.5. The summed E-state index contributed by atoms with van der Waals surface area (Å²) in [6, 6.07) is 0.651. The number of carboxylic acid groups (broad SMARTS) is 1. The van der Waals surface area contributed by atoms with E-state index >= 15 is 0 Å². The summed E-state index contributed by atoms with van der Waals surface area (Å²) in [5.41, 5.74) is 5.85. The molecule has 0 amide bonds. The van der Waals surface area contributed by atoms with E-state index < -0.39 is 5.97 Å². The Labute approximate surface area is 291 Å². The molecule has 4 saturated carbocycles. The molecule has 48 heavy (non-hydrogen) atoms. The Bertz CT molecular complexity index is 1400. The average molecular weight is 659 g/mol. The first-order chi connectivity index (χ1) is 22.7. The number of nitrogens with one attached hydrogen (secondary N) is 1. The molecule has 6 aliphatic carbocycles. The number of nitrogens with zero attached hydrogens (tertiary/aromatic N) is 1. The molecule has 2 heterocycles. The standard InChI is InChI=1S/C43H66N2O3/c1-27(2)32-14-19-43(44-22-23-45-25-31-24-30(45)26-48-31)21-20-41(6)34(37(32)43)12-13-36-40(5)17-15-33(28-8-10-29(11-9-28)38(46)47)39(3,4)35(40)16-18-42(36,41)7/h8,15,29-32,34-37,44H,1,9-14,16-26H2,2-7H3,(H,46,47)/t29-,30?,31-,32-,34+,35-,36+,37+,40-,41+,42+,43-/m0/s1. The first kappa shape index (κ1) is 33.7. The van der Waals surface area contributed by atoms with Gasteiger partial charge < -0.3 is 15.2 Å². The van der Waals surface area contributed by atoms with E-state index in [0.717, 1.165) is 44.4 Å². The third-order valence-corrected chi connectivity index (χ3v) is 17.6. The summed E-state index contributed by atoms with van der Waals surface area (Å²) in [5.74, 6) is 2.70. The lowest BCUT2D eigenvalue weighted by molar-refractivity contribution is -0.221. The van der Waals surface area contributed by atoms with E-state index in [-0.39, 0.29) is 16.9 Å². The second-order valence-corrected chi connectivity index (χ2v) is 19.7. The van der Waals surface area contributed by atoms with E-state index in [1.165, 1.54) is 81.9 Å². The van der Waals surface area contributed by atoms with Crippen LogP contribution in [0.15, 0.2) is 35.5 Å². The molecule has 0 radical (unpaired) electrons. The third-order valence-electron chi connectivity index (χ3n) is 17.6. The van der Waals surface area contributed by atoms with Gasteiger partial charge in [-0.15, -0.1) is 0 Å². The van der Waals surface area contributed by atoms with E-state index in [4.69, 9.17) is 4.74 Å². The van der Waals surface area contributed by atoms with Crippen LogP contribution in [-0.2, 0) is 9.53 Å². The van der Waals surface area contributed by atoms with Crippen molar-refractivity contribution in [1.82, 2.24) is 10.2 Å². The predicted molar refractivity (Wildman–Crippen MR) is 194 cm³/mol. The number of morpholine rings is 1. The monoisotopic (exact) mass is 659 g/mol. The minimum Gasteiger partial charge on any atom is -0.481 e. The maximum Gasteiger partial charge on any atom is 0.306 e. The van der Waals surface area contributed by atoms with Gasteiger partial charge in [0, 0.05) is 31.2 Å². The summed E-state index contributed by atoms with van der Waals surface area (Å²) in [6.07, 6.45) is 21.0. The molecule has 1 unspecified atom stereocenters. The van der Waals surface area contributed by atoms with Crippen molar-refractivity contribution >= 4 is 5.97 Å². The predicted octanol–water partition coefficient (Wildman–Crippen LogP) is 8.81. The van der Waals surface area contributed by atoms with Crippen molar-refractivity contribution in [3.63, 3.8) is 0 Å². The smallest absolute Gasteiger partial charge is 0.306 e. The summed E-state index contributed by atoms with van der Waals surface area (Å²) in [7, 11) is 0. The zero-order chi connectivity index (χ0) is 33.9. The van der Waals surface area contributed by atoms with Crippen molar-refractivity contribution in [2.24, 2.45) is 57.2 Å². The number of carboxylic acids is 1. The second-order valence-electron chi connectivity index (χ2n) is 19.7. The highest BCUT2D eigenvalue weighted by molar-refractivity contribution is 5.70. The summed E-state index contributed by atoms with van der Waals surface area (Å²) in [4.78, 5) is 14.4. The third kappa shape index (κ3) is 4.74. The molecule has 0 aromatic carbocycles. The van der Waals surface area contributed by atoms with Crippen molar-refractivity contribution in [3.8, 4) is 0 Å². The lowest BCUT2D eigenvalue weighted by Gasteiger charge is -2.72. The van der Waals surface area contributed by atoms with Crippen molar-refractivity contribution in [1.29, 1.82) is 0 Å². The van der Waals surface area contributed by atoms with Crippen molar-refractivity contribution < 1.29 is 14.6 Å². The molecule has 2 N–H and O–H groups in total. The van der Waals surface area contributed by atoms with E-state index in [1.807, 2.05) is 0 Å². The molecule has 5 nitrogen and oxygen atoms in total. The first-order valence-corrected chi connectivity index (χ1v) is 20.1. The van der Waals surface area contributed by atoms with Crippen molar-refractivity contribution in [3.05, 3.63) is 35.5 Å². The van der Waals surface area contributed by atoms with Crippen LogP contribution >= 0.6 is 0 Å². The summed E-state index contributed by atoms with van der Waals surface area (Å²) in [6.45, 7) is 24.6. The number of fused-ring (bicyclic) bond motifs is 9. The fraction of sp³-hybridized carbons (Fsp3) is 0.837. The molecule has 0 spiro atoms. The first-order valence-electron chi connectivity index (χ1n) is 20.1. The van der Waals surface area contributed by atoms with Gasteiger partial charge in [0.05, 0.1) is 18.6 Å². The van der Waals surface area contributed by atoms with Gasteiger partial charge in [0.15, 0.2) is 0 Å². The van der Waals surface area contributed by atoms with Gasteiger partial charge in [0.25, 0.3) is 0 Å². The Morgan fingerprint density at radius 3 is 2.48 bits per heavy atom. The minimum absolute atomic E-state index is 0.122. The number of ether oxygens (including phenoxy) is 1. The molecule has 2 bridgehead atoms. The normalized spacial score (nSPS) is 49.3. The number of carbonyl (C=O) groups is 1. The van der Waals surface area contributed by atoms with E-state index in [2.05, 4.69) is 70.5 Å². The van der Waals surface area contributed by atoms with Gasteiger partial charge >= 0.3 is 5.97 Å². The average Bonchev–Trinajstić information content (AvgIpc) is 3.76. The Morgan fingerprint density at radius 2 is 1.81 bits per heavy atom.